The van der Waals surface area contributed by atoms with Crippen LogP contribution in [-0.2, 0) is 16.0 Å². The Labute approximate surface area is 126 Å². The van der Waals surface area contributed by atoms with Gasteiger partial charge in [0.1, 0.15) is 5.75 Å². The molecule has 2 rings (SSSR count). The van der Waals surface area contributed by atoms with Crippen molar-refractivity contribution in [1.82, 2.24) is 0 Å². The van der Waals surface area contributed by atoms with Crippen molar-refractivity contribution in [3.8, 4) is 5.75 Å². The second kappa shape index (κ2) is 6.48. The van der Waals surface area contributed by atoms with Crippen LogP contribution < -0.4 is 4.74 Å². The quantitative estimate of drug-likeness (QED) is 0.874. The van der Waals surface area contributed by atoms with E-state index in [4.69, 9.17) is 9.47 Å². The van der Waals surface area contributed by atoms with E-state index in [2.05, 4.69) is 13.8 Å². The van der Waals surface area contributed by atoms with Gasteiger partial charge < -0.3 is 14.6 Å². The summed E-state index contributed by atoms with van der Waals surface area (Å²) in [6.45, 7) is 4.12. The van der Waals surface area contributed by atoms with E-state index in [-0.39, 0.29) is 11.7 Å². The molecule has 4 nitrogen and oxygen atoms in total. The molecule has 1 fully saturated rings. The molecule has 1 N–H and O–H groups in total. The Morgan fingerprint density at radius 3 is 2.86 bits per heavy atom. The fraction of sp³-hybridized carbons (Fsp3) is 0.588. The van der Waals surface area contributed by atoms with E-state index in [9.17, 15) is 9.90 Å². The van der Waals surface area contributed by atoms with Gasteiger partial charge in [0.15, 0.2) is 0 Å². The van der Waals surface area contributed by atoms with Crippen LogP contribution >= 0.6 is 0 Å². The third kappa shape index (κ3) is 4.46. The predicted octanol–water partition coefficient (Wildman–Crippen LogP) is 3.29. The lowest BCUT2D eigenvalue weighted by Crippen LogP contribution is -2.25. The number of carbonyl (C=O) groups is 1. The van der Waals surface area contributed by atoms with Gasteiger partial charge >= 0.3 is 5.97 Å². The van der Waals surface area contributed by atoms with E-state index in [1.165, 1.54) is 0 Å². The Hall–Kier alpha value is -1.55. The van der Waals surface area contributed by atoms with Crippen molar-refractivity contribution >= 4 is 5.97 Å². The molecule has 1 aliphatic heterocycles. The third-order valence-corrected chi connectivity index (χ3v) is 4.07. The minimum absolute atomic E-state index is 0.0479. The summed E-state index contributed by atoms with van der Waals surface area (Å²) < 4.78 is 11.1. The van der Waals surface area contributed by atoms with E-state index >= 15 is 0 Å². The fourth-order valence-corrected chi connectivity index (χ4v) is 2.92. The van der Waals surface area contributed by atoms with Gasteiger partial charge in [-0.1, -0.05) is 12.1 Å². The van der Waals surface area contributed by atoms with Crippen LogP contribution in [0.5, 0.6) is 5.75 Å². The van der Waals surface area contributed by atoms with Crippen molar-refractivity contribution in [1.29, 1.82) is 0 Å². The number of rotatable bonds is 6. The lowest BCUT2D eigenvalue weighted by Gasteiger charge is -2.21. The number of aliphatic carboxylic acids is 1. The van der Waals surface area contributed by atoms with Gasteiger partial charge in [0.2, 0.25) is 0 Å². The molecule has 0 saturated carbocycles. The first-order valence-electron chi connectivity index (χ1n) is 7.43. The lowest BCUT2D eigenvalue weighted by atomic mass is 9.92. The highest BCUT2D eigenvalue weighted by molar-refractivity contribution is 5.70. The van der Waals surface area contributed by atoms with Crippen LogP contribution in [0.2, 0.25) is 0 Å². The fourth-order valence-electron chi connectivity index (χ4n) is 2.92. The molecule has 2 unspecified atom stereocenters. The summed E-state index contributed by atoms with van der Waals surface area (Å²) in [4.78, 5) is 11.5. The number of hydrogen-bond donors (Lipinski definition) is 1. The summed E-state index contributed by atoms with van der Waals surface area (Å²) in [5.41, 5.74) is 0.864. The van der Waals surface area contributed by atoms with Gasteiger partial charge in [-0.05, 0) is 57.2 Å². The maximum Gasteiger partial charge on any atom is 0.306 e. The molecule has 1 saturated heterocycles. The molecule has 1 aliphatic rings. The summed E-state index contributed by atoms with van der Waals surface area (Å²) in [6.07, 6.45) is 3.05. The Balaban J connectivity index is 2.01. The van der Waals surface area contributed by atoms with E-state index in [0.29, 0.717) is 12.8 Å². The molecular weight excluding hydrogens is 268 g/mol. The van der Waals surface area contributed by atoms with Gasteiger partial charge in [-0.3, -0.25) is 4.79 Å². The van der Waals surface area contributed by atoms with E-state index in [0.717, 1.165) is 24.2 Å². The van der Waals surface area contributed by atoms with Crippen LogP contribution in [0.4, 0.5) is 0 Å². The standard InChI is InChI=1S/C17H24O4/c1-17(2)8-7-15(21-17)11-13(16(18)19)9-12-5-4-6-14(10-12)20-3/h4-6,10,13,15H,7-9,11H2,1-3H3,(H,18,19). The van der Waals surface area contributed by atoms with E-state index in [1.54, 1.807) is 7.11 Å². The number of carboxylic acid groups (broad SMARTS) is 1. The van der Waals surface area contributed by atoms with Crippen LogP contribution in [0.25, 0.3) is 0 Å². The number of methoxy groups -OCH3 is 1. The molecule has 21 heavy (non-hydrogen) atoms. The minimum atomic E-state index is -0.758. The van der Waals surface area contributed by atoms with E-state index < -0.39 is 11.9 Å². The zero-order valence-corrected chi connectivity index (χ0v) is 13.0. The van der Waals surface area contributed by atoms with Gasteiger partial charge in [0.25, 0.3) is 0 Å². The first kappa shape index (κ1) is 15.8. The number of carboxylic acids is 1. The molecule has 0 radical (unpaired) electrons. The lowest BCUT2D eigenvalue weighted by molar-refractivity contribution is -0.143. The molecule has 0 bridgehead atoms. The Morgan fingerprint density at radius 2 is 2.29 bits per heavy atom. The molecule has 0 spiro atoms. The number of ether oxygens (including phenoxy) is 2. The summed E-state index contributed by atoms with van der Waals surface area (Å²) >= 11 is 0. The summed E-state index contributed by atoms with van der Waals surface area (Å²) in [5.74, 6) is -0.419. The van der Waals surface area contributed by atoms with Crippen molar-refractivity contribution in [2.75, 3.05) is 7.11 Å². The van der Waals surface area contributed by atoms with Gasteiger partial charge in [-0.15, -0.1) is 0 Å². The highest BCUT2D eigenvalue weighted by Gasteiger charge is 2.34. The molecule has 1 heterocycles. The second-order valence-electron chi connectivity index (χ2n) is 6.36. The molecule has 0 aromatic heterocycles. The van der Waals surface area contributed by atoms with Gasteiger partial charge in [0.05, 0.1) is 24.7 Å². The Morgan fingerprint density at radius 1 is 1.52 bits per heavy atom. The average molecular weight is 292 g/mol. The largest absolute Gasteiger partial charge is 0.497 e. The van der Waals surface area contributed by atoms with E-state index in [1.807, 2.05) is 24.3 Å². The van der Waals surface area contributed by atoms with Gasteiger partial charge in [-0.25, -0.2) is 0 Å². The Kier molecular flexibility index (Phi) is 4.88. The van der Waals surface area contributed by atoms with Gasteiger partial charge in [0, 0.05) is 0 Å². The zero-order valence-electron chi connectivity index (χ0n) is 13.0. The number of hydrogen-bond acceptors (Lipinski definition) is 3. The van der Waals surface area contributed by atoms with Gasteiger partial charge in [-0.2, -0.15) is 0 Å². The first-order valence-corrected chi connectivity index (χ1v) is 7.43. The molecule has 2 atom stereocenters. The molecule has 1 aromatic rings. The van der Waals surface area contributed by atoms with Crippen LogP contribution in [0.3, 0.4) is 0 Å². The second-order valence-corrected chi connectivity index (χ2v) is 6.36. The molecule has 1 aromatic carbocycles. The predicted molar refractivity (Wildman–Crippen MR) is 80.6 cm³/mol. The Bertz CT molecular complexity index is 495. The molecule has 116 valence electrons. The van der Waals surface area contributed by atoms with Crippen molar-refractivity contribution in [3.63, 3.8) is 0 Å². The zero-order chi connectivity index (χ0) is 15.5. The third-order valence-electron chi connectivity index (χ3n) is 4.07. The molecule has 4 heteroatoms. The summed E-state index contributed by atoms with van der Waals surface area (Å²) in [6, 6.07) is 7.59. The van der Waals surface area contributed by atoms with Crippen molar-refractivity contribution < 1.29 is 19.4 Å². The van der Waals surface area contributed by atoms with Crippen LogP contribution in [0, 0.1) is 5.92 Å². The topological polar surface area (TPSA) is 55.8 Å². The van der Waals surface area contributed by atoms with Crippen LogP contribution in [-0.4, -0.2) is 29.9 Å². The maximum absolute atomic E-state index is 11.5. The SMILES string of the molecule is COc1cccc(CC(CC2CCC(C)(C)O2)C(=O)O)c1. The minimum Gasteiger partial charge on any atom is -0.497 e. The van der Waals surface area contributed by atoms with Crippen LogP contribution in [0.1, 0.15) is 38.7 Å². The maximum atomic E-state index is 11.5. The molecule has 0 aliphatic carbocycles. The normalized spacial score (nSPS) is 22.0. The number of benzene rings is 1. The molecule has 0 amide bonds. The molecular formula is C17H24O4. The van der Waals surface area contributed by atoms with Crippen molar-refractivity contribution in [2.45, 2.75) is 51.2 Å². The summed E-state index contributed by atoms with van der Waals surface area (Å²) in [7, 11) is 1.61. The highest BCUT2D eigenvalue weighted by atomic mass is 16.5. The summed E-state index contributed by atoms with van der Waals surface area (Å²) in [5, 5.41) is 9.46. The van der Waals surface area contributed by atoms with Crippen LogP contribution in [0.15, 0.2) is 24.3 Å². The first-order chi connectivity index (χ1) is 9.89. The monoisotopic (exact) mass is 292 g/mol. The highest BCUT2D eigenvalue weighted by Crippen LogP contribution is 2.33. The smallest absolute Gasteiger partial charge is 0.306 e. The van der Waals surface area contributed by atoms with Crippen molar-refractivity contribution in [2.24, 2.45) is 5.92 Å². The van der Waals surface area contributed by atoms with Crippen molar-refractivity contribution in [3.05, 3.63) is 29.8 Å². The average Bonchev–Trinajstić information content (AvgIpc) is 2.77.